The van der Waals surface area contributed by atoms with Gasteiger partial charge in [0.2, 0.25) is 0 Å². The summed E-state index contributed by atoms with van der Waals surface area (Å²) in [5.41, 5.74) is -0.960. The van der Waals surface area contributed by atoms with Crippen molar-refractivity contribution in [3.8, 4) is 0 Å². The fraction of sp³-hybridized carbons (Fsp3) is 0.812. The average Bonchev–Trinajstić information content (AvgIpc) is 2.98. The van der Waals surface area contributed by atoms with E-state index in [0.717, 1.165) is 38.9 Å². The van der Waals surface area contributed by atoms with Crippen molar-refractivity contribution in [3.05, 3.63) is 35.4 Å². The highest BCUT2D eigenvalue weighted by molar-refractivity contribution is 5.30. The molecule has 2 atom stereocenters. The average molecular weight is 603 g/mol. The van der Waals surface area contributed by atoms with Crippen LogP contribution in [0.2, 0.25) is 0 Å². The van der Waals surface area contributed by atoms with Crippen molar-refractivity contribution in [1.82, 2.24) is 0 Å². The molecule has 0 saturated carbocycles. The standard InChI is InChI=1S/C32H58O10/c1-5-7-13-35-15-17-37-19-21-39-23-25-41-27-31(3,33)29-9-11-30(12-10-29)32(4,34)28-42-26-24-40-22-20-38-18-16-36-14-8-6-2/h9-12,33-34H,5-8,13-28H2,1-4H3. The molecule has 0 aliphatic rings. The third-order valence-corrected chi connectivity index (χ3v) is 6.41. The predicted molar refractivity (Wildman–Crippen MR) is 162 cm³/mol. The van der Waals surface area contributed by atoms with Crippen LogP contribution in [0.1, 0.15) is 64.5 Å². The monoisotopic (exact) mass is 602 g/mol. The van der Waals surface area contributed by atoms with Crippen molar-refractivity contribution in [2.75, 3.05) is 106 Å². The molecule has 246 valence electrons. The van der Waals surface area contributed by atoms with Crippen molar-refractivity contribution >= 4 is 0 Å². The van der Waals surface area contributed by atoms with Gasteiger partial charge >= 0.3 is 0 Å². The largest absolute Gasteiger partial charge is 0.383 e. The van der Waals surface area contributed by atoms with Crippen molar-refractivity contribution in [2.24, 2.45) is 0 Å². The van der Waals surface area contributed by atoms with Crippen molar-refractivity contribution in [2.45, 2.75) is 64.6 Å². The van der Waals surface area contributed by atoms with Gasteiger partial charge in [-0.25, -0.2) is 0 Å². The SMILES string of the molecule is CCCCOCCOCCOCCOCC(C)(O)c1ccc(C(C)(O)COCCOCCOCCOCCCC)cc1. The Morgan fingerprint density at radius 1 is 0.429 bits per heavy atom. The summed E-state index contributed by atoms with van der Waals surface area (Å²) in [6.07, 6.45) is 4.40. The lowest BCUT2D eigenvalue weighted by Gasteiger charge is -2.27. The molecule has 0 fully saturated rings. The number of ether oxygens (including phenoxy) is 8. The fourth-order valence-electron chi connectivity index (χ4n) is 3.71. The molecule has 1 aromatic carbocycles. The zero-order valence-electron chi connectivity index (χ0n) is 26.6. The Hall–Kier alpha value is -1.18. The number of benzene rings is 1. The second-order valence-electron chi connectivity index (χ2n) is 10.6. The summed E-state index contributed by atoms with van der Waals surface area (Å²) in [4.78, 5) is 0. The van der Waals surface area contributed by atoms with Crippen LogP contribution in [0.25, 0.3) is 0 Å². The lowest BCUT2D eigenvalue weighted by atomic mass is 9.91. The Balaban J connectivity index is 2.13. The number of hydrogen-bond donors (Lipinski definition) is 2. The maximum atomic E-state index is 10.9. The van der Waals surface area contributed by atoms with Crippen LogP contribution in [0.5, 0.6) is 0 Å². The number of rotatable bonds is 30. The van der Waals surface area contributed by atoms with Crippen LogP contribution in [-0.2, 0) is 49.1 Å². The zero-order chi connectivity index (χ0) is 30.8. The van der Waals surface area contributed by atoms with Crippen molar-refractivity contribution in [1.29, 1.82) is 0 Å². The van der Waals surface area contributed by atoms with Gasteiger partial charge in [0.15, 0.2) is 0 Å². The van der Waals surface area contributed by atoms with Crippen molar-refractivity contribution in [3.63, 3.8) is 0 Å². The third-order valence-electron chi connectivity index (χ3n) is 6.41. The quantitative estimate of drug-likeness (QED) is 0.126. The minimum Gasteiger partial charge on any atom is -0.383 e. The Morgan fingerprint density at radius 2 is 0.667 bits per heavy atom. The molecular weight excluding hydrogens is 544 g/mol. The van der Waals surface area contributed by atoms with E-state index in [9.17, 15) is 10.2 Å². The number of hydrogen-bond acceptors (Lipinski definition) is 10. The highest BCUT2D eigenvalue weighted by atomic mass is 16.6. The summed E-state index contributed by atoms with van der Waals surface area (Å²) in [6, 6.07) is 7.19. The summed E-state index contributed by atoms with van der Waals surface area (Å²) < 4.78 is 44.1. The van der Waals surface area contributed by atoms with Gasteiger partial charge in [0.05, 0.1) is 92.5 Å². The fourth-order valence-corrected chi connectivity index (χ4v) is 3.71. The van der Waals surface area contributed by atoms with E-state index in [4.69, 9.17) is 37.9 Å². The van der Waals surface area contributed by atoms with Gasteiger partial charge in [0.1, 0.15) is 11.2 Å². The molecule has 10 heteroatoms. The Bertz CT molecular complexity index is 666. The zero-order valence-corrected chi connectivity index (χ0v) is 26.6. The van der Waals surface area contributed by atoms with E-state index in [0.29, 0.717) is 90.4 Å². The van der Waals surface area contributed by atoms with Gasteiger partial charge in [0.25, 0.3) is 0 Å². The molecule has 10 nitrogen and oxygen atoms in total. The molecule has 0 bridgehead atoms. The van der Waals surface area contributed by atoms with Gasteiger partial charge < -0.3 is 48.1 Å². The maximum absolute atomic E-state index is 10.9. The highest BCUT2D eigenvalue weighted by Crippen LogP contribution is 2.26. The molecule has 42 heavy (non-hydrogen) atoms. The van der Waals surface area contributed by atoms with Crippen LogP contribution in [0.4, 0.5) is 0 Å². The molecule has 0 radical (unpaired) electrons. The second-order valence-corrected chi connectivity index (χ2v) is 10.6. The van der Waals surface area contributed by atoms with E-state index in [1.165, 1.54) is 0 Å². The molecule has 0 amide bonds. The normalized spacial score (nSPS) is 14.6. The minimum absolute atomic E-state index is 0.124. The van der Waals surface area contributed by atoms with E-state index in [1.807, 2.05) is 0 Å². The minimum atomic E-state index is -1.18. The predicted octanol–water partition coefficient (Wildman–Crippen LogP) is 3.83. The van der Waals surface area contributed by atoms with Gasteiger partial charge in [-0.3, -0.25) is 0 Å². The maximum Gasteiger partial charge on any atom is 0.110 e. The molecular formula is C32H58O10. The molecule has 0 aliphatic carbocycles. The number of unbranched alkanes of at least 4 members (excludes halogenated alkanes) is 2. The summed E-state index contributed by atoms with van der Waals surface area (Å²) in [6.45, 7) is 15.4. The third kappa shape index (κ3) is 19.9. The van der Waals surface area contributed by atoms with Gasteiger partial charge in [-0.15, -0.1) is 0 Å². The van der Waals surface area contributed by atoms with E-state index in [-0.39, 0.29) is 13.2 Å². The molecule has 0 aliphatic heterocycles. The van der Waals surface area contributed by atoms with E-state index in [1.54, 1.807) is 38.1 Å². The van der Waals surface area contributed by atoms with Crippen LogP contribution in [-0.4, -0.2) is 116 Å². The summed E-state index contributed by atoms with van der Waals surface area (Å²) >= 11 is 0. The lowest BCUT2D eigenvalue weighted by molar-refractivity contribution is -0.0576. The first-order valence-electron chi connectivity index (χ1n) is 15.5. The first-order chi connectivity index (χ1) is 20.3. The van der Waals surface area contributed by atoms with Gasteiger partial charge in [0, 0.05) is 13.2 Å². The van der Waals surface area contributed by atoms with E-state index < -0.39 is 11.2 Å². The molecule has 0 heterocycles. The van der Waals surface area contributed by atoms with Crippen LogP contribution in [0.15, 0.2) is 24.3 Å². The second kappa shape index (κ2) is 25.2. The summed E-state index contributed by atoms with van der Waals surface area (Å²) in [5.74, 6) is 0. The first-order valence-corrected chi connectivity index (χ1v) is 15.5. The number of aliphatic hydroxyl groups is 2. The van der Waals surface area contributed by atoms with Crippen molar-refractivity contribution < 1.29 is 48.1 Å². The first kappa shape index (κ1) is 38.8. The molecule has 2 unspecified atom stereocenters. The Morgan fingerprint density at radius 3 is 0.929 bits per heavy atom. The summed E-state index contributed by atoms with van der Waals surface area (Å²) in [5, 5.41) is 21.8. The van der Waals surface area contributed by atoms with E-state index >= 15 is 0 Å². The molecule has 0 saturated heterocycles. The molecule has 0 aromatic heterocycles. The molecule has 1 aromatic rings. The smallest absolute Gasteiger partial charge is 0.110 e. The van der Waals surface area contributed by atoms with Gasteiger partial charge in [-0.2, -0.15) is 0 Å². The lowest BCUT2D eigenvalue weighted by Crippen LogP contribution is -2.30. The molecule has 0 spiro atoms. The van der Waals surface area contributed by atoms with Crippen LogP contribution < -0.4 is 0 Å². The molecule has 2 N–H and O–H groups in total. The van der Waals surface area contributed by atoms with Crippen LogP contribution >= 0.6 is 0 Å². The topological polar surface area (TPSA) is 114 Å². The van der Waals surface area contributed by atoms with Gasteiger partial charge in [-0.05, 0) is 37.8 Å². The summed E-state index contributed by atoms with van der Waals surface area (Å²) in [7, 11) is 0. The van der Waals surface area contributed by atoms with Gasteiger partial charge in [-0.1, -0.05) is 51.0 Å². The molecule has 1 rings (SSSR count). The van der Waals surface area contributed by atoms with Crippen LogP contribution in [0, 0.1) is 0 Å². The van der Waals surface area contributed by atoms with Crippen LogP contribution in [0.3, 0.4) is 0 Å². The van der Waals surface area contributed by atoms with E-state index in [2.05, 4.69) is 13.8 Å². The Labute approximate surface area is 253 Å². The Kier molecular flexibility index (Phi) is 23.3. The highest BCUT2D eigenvalue weighted by Gasteiger charge is 2.27.